The first kappa shape index (κ1) is 10.4. The Morgan fingerprint density at radius 1 is 1.47 bits per heavy atom. The van der Waals surface area contributed by atoms with Gasteiger partial charge in [-0.1, -0.05) is 18.2 Å². The van der Waals surface area contributed by atoms with E-state index in [1.807, 2.05) is 36.0 Å². The van der Waals surface area contributed by atoms with Crippen LogP contribution in [-0.4, -0.2) is 21.3 Å². The van der Waals surface area contributed by atoms with Crippen molar-refractivity contribution in [1.82, 2.24) is 9.55 Å². The maximum Gasteiger partial charge on any atom is 0.142 e. The number of aryl methyl sites for hydroxylation is 1. The third-order valence-corrected chi connectivity index (χ3v) is 3.14. The fourth-order valence-corrected chi connectivity index (χ4v) is 2.24. The van der Waals surface area contributed by atoms with E-state index in [4.69, 9.17) is 4.74 Å². The molecule has 1 aromatic carbocycles. The average molecular weight is 230 g/mol. The summed E-state index contributed by atoms with van der Waals surface area (Å²) in [7, 11) is 1.87. The summed E-state index contributed by atoms with van der Waals surface area (Å²) >= 11 is 0. The van der Waals surface area contributed by atoms with Crippen LogP contribution in [-0.2, 0) is 13.5 Å². The number of hydrogen-bond acceptors (Lipinski definition) is 3. The second kappa shape index (κ2) is 3.89. The van der Waals surface area contributed by atoms with Crippen molar-refractivity contribution in [3.8, 4) is 5.75 Å². The smallest absolute Gasteiger partial charge is 0.142 e. The summed E-state index contributed by atoms with van der Waals surface area (Å²) in [6.45, 7) is 0.694. The van der Waals surface area contributed by atoms with Gasteiger partial charge in [0.05, 0.1) is 6.61 Å². The molecule has 0 saturated carbocycles. The van der Waals surface area contributed by atoms with Crippen LogP contribution in [0.15, 0.2) is 30.6 Å². The van der Waals surface area contributed by atoms with Crippen molar-refractivity contribution >= 4 is 0 Å². The molecule has 1 aromatic heterocycles. The number of benzene rings is 1. The monoisotopic (exact) mass is 230 g/mol. The Labute approximate surface area is 99.5 Å². The zero-order valence-electron chi connectivity index (χ0n) is 9.63. The minimum atomic E-state index is -0.733. The van der Waals surface area contributed by atoms with Crippen LogP contribution in [0.2, 0.25) is 0 Å². The highest BCUT2D eigenvalue weighted by molar-refractivity contribution is 5.46. The predicted octanol–water partition coefficient (Wildman–Crippen LogP) is 1.44. The number of imidazole rings is 1. The summed E-state index contributed by atoms with van der Waals surface area (Å²) in [4.78, 5) is 4.17. The molecule has 0 saturated heterocycles. The van der Waals surface area contributed by atoms with Crippen molar-refractivity contribution in [3.05, 3.63) is 47.5 Å². The van der Waals surface area contributed by atoms with Crippen molar-refractivity contribution in [1.29, 1.82) is 0 Å². The summed E-state index contributed by atoms with van der Waals surface area (Å²) in [6.07, 6.45) is 3.68. The zero-order valence-corrected chi connectivity index (χ0v) is 9.63. The molecule has 1 atom stereocenters. The second-order valence-corrected chi connectivity index (χ2v) is 4.23. The summed E-state index contributed by atoms with van der Waals surface area (Å²) < 4.78 is 7.41. The van der Waals surface area contributed by atoms with E-state index in [-0.39, 0.29) is 0 Å². The molecule has 0 aliphatic carbocycles. The third kappa shape index (κ3) is 1.61. The number of nitrogens with zero attached hydrogens (tertiary/aromatic N) is 2. The van der Waals surface area contributed by atoms with E-state index >= 15 is 0 Å². The van der Waals surface area contributed by atoms with Crippen LogP contribution in [0.3, 0.4) is 0 Å². The van der Waals surface area contributed by atoms with Gasteiger partial charge < -0.3 is 14.4 Å². The lowest BCUT2D eigenvalue weighted by Crippen LogP contribution is -2.08. The summed E-state index contributed by atoms with van der Waals surface area (Å²) in [5.41, 5.74) is 1.96. The lowest BCUT2D eigenvalue weighted by Gasteiger charge is -2.14. The Bertz CT molecular complexity index is 548. The van der Waals surface area contributed by atoms with Crippen molar-refractivity contribution in [2.45, 2.75) is 12.5 Å². The van der Waals surface area contributed by atoms with E-state index in [1.165, 1.54) is 0 Å². The van der Waals surface area contributed by atoms with Gasteiger partial charge in [-0.2, -0.15) is 0 Å². The molecule has 4 nitrogen and oxygen atoms in total. The molecule has 0 fully saturated rings. The predicted molar refractivity (Wildman–Crippen MR) is 62.9 cm³/mol. The maximum atomic E-state index is 10.4. The molecule has 88 valence electrons. The van der Waals surface area contributed by atoms with Crippen LogP contribution in [0.4, 0.5) is 0 Å². The van der Waals surface area contributed by atoms with Crippen molar-refractivity contribution in [2.24, 2.45) is 7.05 Å². The van der Waals surface area contributed by atoms with Gasteiger partial charge in [-0.3, -0.25) is 0 Å². The molecule has 1 unspecified atom stereocenters. The van der Waals surface area contributed by atoms with Gasteiger partial charge in [-0.05, 0) is 5.56 Å². The van der Waals surface area contributed by atoms with Crippen LogP contribution in [0, 0.1) is 0 Å². The zero-order chi connectivity index (χ0) is 11.8. The van der Waals surface area contributed by atoms with Gasteiger partial charge in [0.15, 0.2) is 0 Å². The molecule has 3 rings (SSSR count). The summed E-state index contributed by atoms with van der Waals surface area (Å²) in [6, 6.07) is 5.88. The van der Waals surface area contributed by atoms with E-state index in [9.17, 15) is 5.11 Å². The van der Waals surface area contributed by atoms with Gasteiger partial charge in [-0.15, -0.1) is 0 Å². The molecule has 1 aliphatic heterocycles. The van der Waals surface area contributed by atoms with Gasteiger partial charge in [0.1, 0.15) is 17.7 Å². The number of ether oxygens (including phenoxy) is 1. The summed E-state index contributed by atoms with van der Waals surface area (Å²) in [5, 5.41) is 10.4. The molecule has 0 amide bonds. The van der Waals surface area contributed by atoms with E-state index in [0.29, 0.717) is 12.4 Å². The van der Waals surface area contributed by atoms with Crippen molar-refractivity contribution in [2.75, 3.05) is 6.61 Å². The normalized spacial score (nSPS) is 15.4. The number of rotatable bonds is 2. The molecule has 4 heteroatoms. The largest absolute Gasteiger partial charge is 0.493 e. The van der Waals surface area contributed by atoms with Crippen LogP contribution in [0.5, 0.6) is 5.75 Å². The van der Waals surface area contributed by atoms with E-state index in [1.54, 1.807) is 6.20 Å². The molecule has 0 bridgehead atoms. The average Bonchev–Trinajstić information content (AvgIpc) is 2.95. The number of hydrogen-bond donors (Lipinski definition) is 1. The van der Waals surface area contributed by atoms with Gasteiger partial charge in [0.2, 0.25) is 0 Å². The topological polar surface area (TPSA) is 47.3 Å². The maximum absolute atomic E-state index is 10.4. The van der Waals surface area contributed by atoms with Crippen LogP contribution >= 0.6 is 0 Å². The molecular formula is C13H14N2O2. The molecule has 2 heterocycles. The van der Waals surface area contributed by atoms with E-state index in [0.717, 1.165) is 23.3 Å². The molecule has 0 radical (unpaired) electrons. The SMILES string of the molecule is Cn1ccnc1C(O)c1cccc2c1OCC2. The Morgan fingerprint density at radius 3 is 3.12 bits per heavy atom. The highest BCUT2D eigenvalue weighted by atomic mass is 16.5. The fourth-order valence-electron chi connectivity index (χ4n) is 2.24. The van der Waals surface area contributed by atoms with Crippen molar-refractivity contribution in [3.63, 3.8) is 0 Å². The highest BCUT2D eigenvalue weighted by Crippen LogP contribution is 2.35. The first-order valence-electron chi connectivity index (χ1n) is 5.67. The first-order valence-corrected chi connectivity index (χ1v) is 5.67. The Hall–Kier alpha value is -1.81. The van der Waals surface area contributed by atoms with Gasteiger partial charge >= 0.3 is 0 Å². The molecule has 17 heavy (non-hydrogen) atoms. The van der Waals surface area contributed by atoms with Crippen LogP contribution in [0.1, 0.15) is 23.1 Å². The van der Waals surface area contributed by atoms with Gasteiger partial charge in [0.25, 0.3) is 0 Å². The third-order valence-electron chi connectivity index (χ3n) is 3.14. The summed E-state index contributed by atoms with van der Waals surface area (Å²) in [5.74, 6) is 1.46. The molecular weight excluding hydrogens is 216 g/mol. The number of para-hydroxylation sites is 1. The standard InChI is InChI=1S/C13H14N2O2/c1-15-7-6-14-13(15)11(16)10-4-2-3-9-5-8-17-12(9)10/h2-4,6-7,11,16H,5,8H2,1H3. The minimum absolute atomic E-state index is 0.633. The fraction of sp³-hybridized carbons (Fsp3) is 0.308. The molecule has 1 aliphatic rings. The van der Waals surface area contributed by atoms with Gasteiger partial charge in [0, 0.05) is 31.4 Å². The Kier molecular flexibility index (Phi) is 2.37. The molecule has 1 N–H and O–H groups in total. The van der Waals surface area contributed by atoms with Crippen LogP contribution < -0.4 is 4.74 Å². The number of aliphatic hydroxyl groups excluding tert-OH is 1. The molecule has 0 spiro atoms. The quantitative estimate of drug-likeness (QED) is 0.849. The first-order chi connectivity index (χ1) is 8.27. The van der Waals surface area contributed by atoms with E-state index < -0.39 is 6.10 Å². The van der Waals surface area contributed by atoms with Gasteiger partial charge in [-0.25, -0.2) is 4.98 Å². The number of aliphatic hydroxyl groups is 1. The van der Waals surface area contributed by atoms with Crippen LogP contribution in [0.25, 0.3) is 0 Å². The Morgan fingerprint density at radius 2 is 2.35 bits per heavy atom. The number of fused-ring (bicyclic) bond motifs is 1. The lowest BCUT2D eigenvalue weighted by atomic mass is 10.0. The van der Waals surface area contributed by atoms with E-state index in [2.05, 4.69) is 4.98 Å². The number of aromatic nitrogens is 2. The van der Waals surface area contributed by atoms with Crippen molar-refractivity contribution < 1.29 is 9.84 Å². The molecule has 2 aromatic rings. The lowest BCUT2D eigenvalue weighted by molar-refractivity contribution is 0.200. The Balaban J connectivity index is 2.05. The highest BCUT2D eigenvalue weighted by Gasteiger charge is 2.23. The second-order valence-electron chi connectivity index (χ2n) is 4.23. The minimum Gasteiger partial charge on any atom is -0.493 e.